The lowest BCUT2D eigenvalue weighted by molar-refractivity contribution is 1.04. The average molecular weight is 126 g/mol. The minimum absolute atomic E-state index is 0.837. The molecule has 2 heteroatoms. The van der Waals surface area contributed by atoms with Crippen molar-refractivity contribution in [1.29, 1.82) is 0 Å². The minimum Gasteiger partial charge on any atom is -0.351 e. The Labute approximate surface area is 56.7 Å². The Hall–Kier alpha value is -0.790. The number of hydrogen-bond acceptors (Lipinski definition) is 1. The molecule has 9 heavy (non-hydrogen) atoms. The van der Waals surface area contributed by atoms with Gasteiger partial charge in [0.05, 0.1) is 5.84 Å². The highest BCUT2D eigenvalue weighted by atomic mass is 15.0. The molecule has 0 aromatic carbocycles. The summed E-state index contributed by atoms with van der Waals surface area (Å²) in [7, 11) is 0. The van der Waals surface area contributed by atoms with Crippen LogP contribution in [0.2, 0.25) is 0 Å². The molecule has 0 unspecified atom stereocenters. The molecule has 0 radical (unpaired) electrons. The van der Waals surface area contributed by atoms with Crippen LogP contribution in [-0.4, -0.2) is 12.4 Å². The molecule has 52 valence electrons. The highest BCUT2D eigenvalue weighted by Crippen LogP contribution is 1.80. The van der Waals surface area contributed by atoms with Crippen molar-refractivity contribution in [2.75, 3.05) is 6.54 Å². The van der Waals surface area contributed by atoms with Gasteiger partial charge in [-0.05, 0) is 13.1 Å². The van der Waals surface area contributed by atoms with Gasteiger partial charge in [-0.25, -0.2) is 0 Å². The van der Waals surface area contributed by atoms with Gasteiger partial charge in [0.15, 0.2) is 0 Å². The van der Waals surface area contributed by atoms with E-state index >= 15 is 0 Å². The molecule has 0 saturated heterocycles. The molecule has 0 saturated carbocycles. The first kappa shape index (κ1) is 8.21. The number of hydrogen-bond donors (Lipinski definition) is 1. The molecule has 0 aliphatic rings. The van der Waals surface area contributed by atoms with Crippen LogP contribution < -0.4 is 5.32 Å². The van der Waals surface area contributed by atoms with Gasteiger partial charge in [0.1, 0.15) is 0 Å². The van der Waals surface area contributed by atoms with Crippen LogP contribution in [0, 0.1) is 0 Å². The van der Waals surface area contributed by atoms with E-state index in [0.717, 1.165) is 18.8 Å². The summed E-state index contributed by atoms with van der Waals surface area (Å²) in [6.07, 6.45) is 2.60. The summed E-state index contributed by atoms with van der Waals surface area (Å²) in [4.78, 5) is 4.17. The Kier molecular flexibility index (Phi) is 4.88. The fourth-order valence-corrected chi connectivity index (χ4v) is 0.568. The van der Waals surface area contributed by atoms with Gasteiger partial charge in [-0.2, -0.15) is 0 Å². The monoisotopic (exact) mass is 126 g/mol. The average Bonchev–Trinajstić information content (AvgIpc) is 1.88. The molecule has 0 spiro atoms. The minimum atomic E-state index is 0.837. The molecule has 0 aromatic heterocycles. The van der Waals surface area contributed by atoms with E-state index in [1.807, 2.05) is 6.92 Å². The van der Waals surface area contributed by atoms with E-state index in [-0.39, 0.29) is 0 Å². The quantitative estimate of drug-likeness (QED) is 0.450. The first-order valence-electron chi connectivity index (χ1n) is 3.25. The Balaban J connectivity index is 3.65. The van der Waals surface area contributed by atoms with E-state index in [2.05, 4.69) is 23.8 Å². The van der Waals surface area contributed by atoms with Gasteiger partial charge < -0.3 is 5.32 Å². The molecule has 0 amide bonds. The van der Waals surface area contributed by atoms with Crippen molar-refractivity contribution in [2.24, 2.45) is 4.99 Å². The standard InChI is InChI=1S/C7H14N2/c1-4-7(8-5-2)9-6-3/h5H,2,4,6H2,1,3H3,(H,8,9). The second-order valence-electron chi connectivity index (χ2n) is 1.62. The van der Waals surface area contributed by atoms with Crippen LogP contribution in [0.3, 0.4) is 0 Å². The predicted molar refractivity (Wildman–Crippen MR) is 41.6 cm³/mol. The molecule has 0 fully saturated rings. The molecule has 1 N–H and O–H groups in total. The zero-order valence-corrected chi connectivity index (χ0v) is 6.15. The van der Waals surface area contributed by atoms with Gasteiger partial charge in [-0.15, -0.1) is 0 Å². The number of nitrogens with zero attached hydrogens (tertiary/aromatic N) is 1. The van der Waals surface area contributed by atoms with E-state index in [9.17, 15) is 0 Å². The lowest BCUT2D eigenvalue weighted by atomic mass is 10.4. The molecule has 0 heterocycles. The van der Waals surface area contributed by atoms with Gasteiger partial charge in [-0.3, -0.25) is 4.99 Å². The summed E-state index contributed by atoms with van der Waals surface area (Å²) in [5, 5.41) is 2.95. The third kappa shape index (κ3) is 3.76. The van der Waals surface area contributed by atoms with Crippen LogP contribution >= 0.6 is 0 Å². The van der Waals surface area contributed by atoms with Crippen LogP contribution in [-0.2, 0) is 0 Å². The van der Waals surface area contributed by atoms with Gasteiger partial charge in [0, 0.05) is 13.0 Å². The number of aliphatic imine (C=N–C) groups is 1. The lowest BCUT2D eigenvalue weighted by Crippen LogP contribution is -2.15. The largest absolute Gasteiger partial charge is 0.351 e. The van der Waals surface area contributed by atoms with Gasteiger partial charge >= 0.3 is 0 Å². The maximum atomic E-state index is 4.17. The number of rotatable bonds is 3. The van der Waals surface area contributed by atoms with Gasteiger partial charge in [0.2, 0.25) is 0 Å². The third-order valence-corrected chi connectivity index (χ3v) is 0.953. The van der Waals surface area contributed by atoms with Crippen molar-refractivity contribution in [3.05, 3.63) is 12.8 Å². The summed E-state index contributed by atoms with van der Waals surface area (Å²) >= 11 is 0. The van der Waals surface area contributed by atoms with E-state index < -0.39 is 0 Å². The highest BCUT2D eigenvalue weighted by molar-refractivity contribution is 5.82. The Bertz CT molecular complexity index is 105. The summed E-state index contributed by atoms with van der Waals surface area (Å²) in [6.45, 7) is 8.45. The van der Waals surface area contributed by atoms with Gasteiger partial charge in [0.25, 0.3) is 0 Å². The first-order chi connectivity index (χ1) is 4.35. The zero-order chi connectivity index (χ0) is 7.11. The first-order valence-corrected chi connectivity index (χ1v) is 3.25. The van der Waals surface area contributed by atoms with Gasteiger partial charge in [-0.1, -0.05) is 13.5 Å². The second kappa shape index (κ2) is 5.35. The fourth-order valence-electron chi connectivity index (χ4n) is 0.568. The van der Waals surface area contributed by atoms with Crippen molar-refractivity contribution in [3.63, 3.8) is 0 Å². The Morgan fingerprint density at radius 2 is 2.33 bits per heavy atom. The van der Waals surface area contributed by atoms with Crippen LogP contribution in [0.1, 0.15) is 20.3 Å². The molecule has 0 bridgehead atoms. The number of nitrogens with one attached hydrogen (secondary N) is 1. The SMILES string of the molecule is C=CNC(CC)=NCC. The predicted octanol–water partition coefficient (Wildman–Crippen LogP) is 1.55. The summed E-state index contributed by atoms with van der Waals surface area (Å²) in [5.74, 6) is 1.01. The fraction of sp³-hybridized carbons (Fsp3) is 0.571. The molecular weight excluding hydrogens is 112 g/mol. The summed E-state index contributed by atoms with van der Waals surface area (Å²) < 4.78 is 0. The van der Waals surface area contributed by atoms with Crippen LogP contribution in [0.5, 0.6) is 0 Å². The van der Waals surface area contributed by atoms with E-state index in [4.69, 9.17) is 0 Å². The molecule has 0 aliphatic carbocycles. The summed E-state index contributed by atoms with van der Waals surface area (Å²) in [6, 6.07) is 0. The van der Waals surface area contributed by atoms with Crippen LogP contribution in [0.25, 0.3) is 0 Å². The van der Waals surface area contributed by atoms with E-state index in [1.54, 1.807) is 6.20 Å². The van der Waals surface area contributed by atoms with E-state index in [1.165, 1.54) is 0 Å². The Morgan fingerprint density at radius 3 is 2.67 bits per heavy atom. The molecule has 2 nitrogen and oxygen atoms in total. The maximum Gasteiger partial charge on any atom is 0.0999 e. The molecular formula is C7H14N2. The molecule has 0 atom stereocenters. The Morgan fingerprint density at radius 1 is 1.67 bits per heavy atom. The molecule has 0 aromatic rings. The van der Waals surface area contributed by atoms with Crippen molar-refractivity contribution in [3.8, 4) is 0 Å². The summed E-state index contributed by atoms with van der Waals surface area (Å²) in [5.41, 5.74) is 0. The van der Waals surface area contributed by atoms with Crippen molar-refractivity contribution >= 4 is 5.84 Å². The van der Waals surface area contributed by atoms with Crippen molar-refractivity contribution in [2.45, 2.75) is 20.3 Å². The third-order valence-electron chi connectivity index (χ3n) is 0.953. The normalized spacial score (nSPS) is 11.1. The second-order valence-corrected chi connectivity index (χ2v) is 1.62. The highest BCUT2D eigenvalue weighted by Gasteiger charge is 1.86. The topological polar surface area (TPSA) is 24.4 Å². The van der Waals surface area contributed by atoms with Crippen molar-refractivity contribution in [1.82, 2.24) is 5.32 Å². The van der Waals surface area contributed by atoms with Crippen LogP contribution in [0.4, 0.5) is 0 Å². The molecule has 0 rings (SSSR count). The smallest absolute Gasteiger partial charge is 0.0999 e. The zero-order valence-electron chi connectivity index (χ0n) is 6.15. The number of amidine groups is 1. The lowest BCUT2D eigenvalue weighted by Gasteiger charge is -1.99. The van der Waals surface area contributed by atoms with Crippen molar-refractivity contribution < 1.29 is 0 Å². The molecule has 0 aliphatic heterocycles. The maximum absolute atomic E-state index is 4.17. The van der Waals surface area contributed by atoms with E-state index in [0.29, 0.717) is 0 Å². The van der Waals surface area contributed by atoms with Crippen LogP contribution in [0.15, 0.2) is 17.8 Å².